The van der Waals surface area contributed by atoms with Crippen LogP contribution in [-0.4, -0.2) is 85.0 Å². The highest BCUT2D eigenvalue weighted by Gasteiger charge is 2.47. The molecular weight excluding hydrogens is 636 g/mol. The van der Waals surface area contributed by atoms with Gasteiger partial charge in [-0.25, -0.2) is 14.0 Å². The lowest BCUT2D eigenvalue weighted by atomic mass is 10.1. The van der Waals surface area contributed by atoms with Gasteiger partial charge in [0.25, 0.3) is 0 Å². The van der Waals surface area contributed by atoms with Crippen LogP contribution in [0.5, 0.6) is 5.75 Å². The molecule has 5 heterocycles. The lowest BCUT2D eigenvalue weighted by Crippen LogP contribution is -2.46. The van der Waals surface area contributed by atoms with E-state index in [-0.39, 0.29) is 24.4 Å². The Hall–Kier alpha value is -5.47. The van der Waals surface area contributed by atoms with Crippen LogP contribution in [0.4, 0.5) is 11.4 Å². The van der Waals surface area contributed by atoms with Crippen molar-refractivity contribution in [3.05, 3.63) is 108 Å². The van der Waals surface area contributed by atoms with Crippen LogP contribution in [0.15, 0.2) is 96.3 Å². The van der Waals surface area contributed by atoms with E-state index >= 15 is 0 Å². The number of benzene rings is 3. The number of hydrogen-bond acceptors (Lipinski definition) is 10. The minimum atomic E-state index is -1.16. The van der Waals surface area contributed by atoms with Crippen LogP contribution in [0.25, 0.3) is 16.6 Å². The maximum absolute atomic E-state index is 12.8. The van der Waals surface area contributed by atoms with Crippen molar-refractivity contribution in [1.82, 2.24) is 39.5 Å². The molecular formula is C36H40N10O4. The molecule has 1 N–H and O–H groups in total. The number of nitrogens with zero attached hydrogens (tertiary/aromatic N) is 9. The summed E-state index contributed by atoms with van der Waals surface area (Å²) in [5.74, 6) is -0.390. The number of rotatable bonds is 11. The predicted molar refractivity (Wildman–Crippen MR) is 188 cm³/mol. The second-order valence-corrected chi connectivity index (χ2v) is 12.8. The Labute approximate surface area is 288 Å². The van der Waals surface area contributed by atoms with Crippen molar-refractivity contribution in [3.63, 3.8) is 0 Å². The van der Waals surface area contributed by atoms with Gasteiger partial charge in [-0.3, -0.25) is 5.10 Å². The molecule has 2 aliphatic rings. The Morgan fingerprint density at radius 3 is 2.26 bits per heavy atom. The summed E-state index contributed by atoms with van der Waals surface area (Å²) in [4.78, 5) is 19.1. The van der Waals surface area contributed by atoms with Gasteiger partial charge in [-0.2, -0.15) is 25.2 Å². The molecule has 3 atom stereocenters. The molecule has 1 unspecified atom stereocenters. The Bertz CT molecular complexity index is 2080. The van der Waals surface area contributed by atoms with Crippen LogP contribution in [0.1, 0.15) is 32.0 Å². The van der Waals surface area contributed by atoms with Crippen LogP contribution in [0, 0.1) is 0 Å². The van der Waals surface area contributed by atoms with Crippen molar-refractivity contribution in [2.45, 2.75) is 44.7 Å². The number of aromatic amines is 1. The van der Waals surface area contributed by atoms with E-state index in [4.69, 9.17) is 14.2 Å². The smallest absolute Gasteiger partial charge is 0.350 e. The third-order valence-electron chi connectivity index (χ3n) is 9.62. The first kappa shape index (κ1) is 31.8. The average Bonchev–Trinajstić information content (AvgIpc) is 3.99. The first-order chi connectivity index (χ1) is 24.5. The van der Waals surface area contributed by atoms with Gasteiger partial charge in [0.15, 0.2) is 0 Å². The number of para-hydroxylation sites is 1. The molecule has 0 spiro atoms. The molecule has 0 amide bonds. The summed E-state index contributed by atoms with van der Waals surface area (Å²) < 4.78 is 22.2. The Kier molecular flexibility index (Phi) is 8.54. The first-order valence-corrected chi connectivity index (χ1v) is 17.1. The molecule has 258 valence electrons. The fraction of sp³-hybridized carbons (Fsp3) is 0.361. The highest BCUT2D eigenvalue weighted by molar-refractivity contribution is 5.81. The maximum Gasteiger partial charge on any atom is 0.350 e. The Morgan fingerprint density at radius 1 is 0.900 bits per heavy atom. The summed E-state index contributed by atoms with van der Waals surface area (Å²) in [5, 5.41) is 21.5. The lowest BCUT2D eigenvalue weighted by molar-refractivity contribution is -0.194. The summed E-state index contributed by atoms with van der Waals surface area (Å²) in [6.45, 7) is 8.55. The summed E-state index contributed by atoms with van der Waals surface area (Å²) in [7, 11) is 0. The zero-order valence-corrected chi connectivity index (χ0v) is 28.1. The fourth-order valence-electron chi connectivity index (χ4n) is 6.65. The van der Waals surface area contributed by atoms with Crippen LogP contribution < -0.4 is 20.2 Å². The van der Waals surface area contributed by atoms with Crippen molar-refractivity contribution in [3.8, 4) is 11.4 Å². The third-order valence-corrected chi connectivity index (χ3v) is 9.62. The molecule has 14 nitrogen and oxygen atoms in total. The minimum Gasteiger partial charge on any atom is -0.491 e. The van der Waals surface area contributed by atoms with Gasteiger partial charge in [-0.05, 0) is 67.9 Å². The molecule has 0 radical (unpaired) electrons. The molecule has 6 aromatic rings. The highest BCUT2D eigenvalue weighted by atomic mass is 16.8. The van der Waals surface area contributed by atoms with E-state index in [0.717, 1.165) is 66.3 Å². The Morgan fingerprint density at radius 2 is 1.56 bits per heavy atom. The van der Waals surface area contributed by atoms with Gasteiger partial charge >= 0.3 is 5.69 Å². The second-order valence-electron chi connectivity index (χ2n) is 12.8. The molecule has 14 heteroatoms. The summed E-state index contributed by atoms with van der Waals surface area (Å²) >= 11 is 0. The van der Waals surface area contributed by atoms with E-state index in [1.165, 1.54) is 0 Å². The molecule has 0 saturated carbocycles. The lowest BCUT2D eigenvalue weighted by Gasteiger charge is -2.37. The third kappa shape index (κ3) is 6.11. The molecule has 2 aliphatic heterocycles. The number of nitrogens with one attached hydrogen (secondary N) is 1. The number of anilines is 2. The predicted octanol–water partition coefficient (Wildman–Crippen LogP) is 4.15. The molecule has 0 aliphatic carbocycles. The molecule has 50 heavy (non-hydrogen) atoms. The van der Waals surface area contributed by atoms with Gasteiger partial charge in [0.2, 0.25) is 5.79 Å². The van der Waals surface area contributed by atoms with Crippen molar-refractivity contribution in [2.75, 3.05) is 49.2 Å². The van der Waals surface area contributed by atoms with Crippen LogP contribution in [0.2, 0.25) is 0 Å². The van der Waals surface area contributed by atoms with E-state index in [9.17, 15) is 4.79 Å². The van der Waals surface area contributed by atoms with Crippen LogP contribution in [0.3, 0.4) is 0 Å². The normalized spacial score (nSPS) is 20.1. The maximum atomic E-state index is 12.8. The standard InChI is InChI=1S/C36H40N10O4/c1-3-26(2)46-35(47)44(25-39-46)29-10-8-27(9-11-29)42-18-20-43(21-19-42)28-12-14-30(15-13-28)48-22-31-23-49-36(50-31,24-45-37-16-17-38-45)34-32-6-4-5-7-33(32)40-41-34/h4-17,25-26,31H,3,18-24H2,1-2H3,(H,40,41)/t26?,31-,36-/m1/s1. The topological polar surface area (TPSA) is 133 Å². The molecule has 3 aromatic heterocycles. The number of hydrogen-bond donors (Lipinski definition) is 1. The van der Waals surface area contributed by atoms with Crippen molar-refractivity contribution >= 4 is 22.3 Å². The Balaban J connectivity index is 0.859. The van der Waals surface area contributed by atoms with E-state index in [1.807, 2.05) is 55.5 Å². The highest BCUT2D eigenvalue weighted by Crippen LogP contribution is 2.38. The number of ether oxygens (including phenoxy) is 3. The number of piperazine rings is 1. The minimum absolute atomic E-state index is 0.0674. The van der Waals surface area contributed by atoms with Crippen molar-refractivity contribution in [1.29, 1.82) is 0 Å². The van der Waals surface area contributed by atoms with Crippen molar-refractivity contribution < 1.29 is 14.2 Å². The SMILES string of the molecule is CCC(C)n1ncn(-c2ccc(N3CCN(c4ccc(OC[C@@H]5CO[C@@](Cn6nccn6)(c6n[nH]c7ccccc67)O5)cc4)CC3)cc2)c1=O. The molecule has 8 rings (SSSR count). The summed E-state index contributed by atoms with van der Waals surface area (Å²) in [5.41, 5.74) is 4.57. The number of H-pyrrole nitrogens is 1. The molecule has 2 saturated heterocycles. The number of fused-ring (bicyclic) bond motifs is 1. The summed E-state index contributed by atoms with van der Waals surface area (Å²) in [6, 6.07) is 24.3. The van der Waals surface area contributed by atoms with Crippen molar-refractivity contribution in [2.24, 2.45) is 0 Å². The van der Waals surface area contributed by atoms with E-state index in [1.54, 1.807) is 32.8 Å². The zero-order valence-electron chi connectivity index (χ0n) is 28.1. The first-order valence-electron chi connectivity index (χ1n) is 17.1. The fourth-order valence-corrected chi connectivity index (χ4v) is 6.65. The molecule has 0 bridgehead atoms. The monoisotopic (exact) mass is 676 g/mol. The van der Waals surface area contributed by atoms with E-state index < -0.39 is 5.79 Å². The summed E-state index contributed by atoms with van der Waals surface area (Å²) in [6.07, 6.45) is 5.40. The second kappa shape index (κ2) is 13.4. The van der Waals surface area contributed by atoms with Gasteiger partial charge in [0.05, 0.1) is 36.2 Å². The van der Waals surface area contributed by atoms with Gasteiger partial charge < -0.3 is 24.0 Å². The number of aromatic nitrogens is 8. The molecule has 2 fully saturated rings. The molecule has 3 aromatic carbocycles. The largest absolute Gasteiger partial charge is 0.491 e. The zero-order chi connectivity index (χ0) is 34.1. The van der Waals surface area contributed by atoms with Gasteiger partial charge in [-0.15, -0.1) is 0 Å². The van der Waals surface area contributed by atoms with E-state index in [0.29, 0.717) is 18.9 Å². The van der Waals surface area contributed by atoms with E-state index in [2.05, 4.69) is 66.5 Å². The van der Waals surface area contributed by atoms with Crippen LogP contribution >= 0.6 is 0 Å². The quantitative estimate of drug-likeness (QED) is 0.213. The van der Waals surface area contributed by atoms with Gasteiger partial charge in [0, 0.05) is 42.9 Å². The van der Waals surface area contributed by atoms with Gasteiger partial charge in [-0.1, -0.05) is 25.1 Å². The van der Waals surface area contributed by atoms with Gasteiger partial charge in [0.1, 0.15) is 37.0 Å². The van der Waals surface area contributed by atoms with Crippen LogP contribution in [-0.2, 0) is 21.8 Å². The average molecular weight is 677 g/mol.